The lowest BCUT2D eigenvalue weighted by molar-refractivity contribution is 0.208. The largest absolute Gasteiger partial charge is 0.386 e. The SMILES string of the molecule is CCC1CCC(NC(=O)NC2CCCC2)(C(=N)N)CC1. The van der Waals surface area contributed by atoms with Crippen LogP contribution in [0.25, 0.3) is 0 Å². The van der Waals surface area contributed by atoms with Crippen LogP contribution in [0.5, 0.6) is 0 Å². The number of nitrogens with one attached hydrogen (secondary N) is 3. The zero-order valence-corrected chi connectivity index (χ0v) is 12.5. The van der Waals surface area contributed by atoms with Gasteiger partial charge < -0.3 is 16.4 Å². The van der Waals surface area contributed by atoms with Gasteiger partial charge in [0.15, 0.2) is 0 Å². The highest BCUT2D eigenvalue weighted by molar-refractivity contribution is 5.92. The molecule has 0 bridgehead atoms. The third kappa shape index (κ3) is 3.44. The Morgan fingerprint density at radius 3 is 2.35 bits per heavy atom. The average Bonchev–Trinajstić information content (AvgIpc) is 2.92. The molecule has 2 fully saturated rings. The van der Waals surface area contributed by atoms with E-state index in [2.05, 4.69) is 17.6 Å². The molecule has 0 heterocycles. The van der Waals surface area contributed by atoms with Crippen LogP contribution in [-0.2, 0) is 0 Å². The van der Waals surface area contributed by atoms with Gasteiger partial charge in [0.2, 0.25) is 0 Å². The number of carbonyl (C=O) groups is 1. The number of nitrogens with two attached hydrogens (primary N) is 1. The molecule has 0 aliphatic heterocycles. The van der Waals surface area contributed by atoms with Gasteiger partial charge in [0.1, 0.15) is 5.84 Å². The Bertz CT molecular complexity index is 355. The summed E-state index contributed by atoms with van der Waals surface area (Å²) in [7, 11) is 0. The summed E-state index contributed by atoms with van der Waals surface area (Å²) in [4.78, 5) is 12.2. The lowest BCUT2D eigenvalue weighted by atomic mass is 9.75. The van der Waals surface area contributed by atoms with Crippen molar-refractivity contribution in [3.05, 3.63) is 0 Å². The van der Waals surface area contributed by atoms with E-state index in [-0.39, 0.29) is 11.9 Å². The van der Waals surface area contributed by atoms with Crippen LogP contribution in [0.3, 0.4) is 0 Å². The Hall–Kier alpha value is -1.26. The topological polar surface area (TPSA) is 91.0 Å². The maximum atomic E-state index is 12.2. The standard InChI is InChI=1S/C15H28N4O/c1-2-11-7-9-15(10-8-11,13(16)17)19-14(20)18-12-5-3-4-6-12/h11-12H,2-10H2,1H3,(H3,16,17)(H2,18,19,20). The van der Waals surface area contributed by atoms with Gasteiger partial charge in [-0.05, 0) is 44.4 Å². The first-order valence-corrected chi connectivity index (χ1v) is 7.99. The molecule has 5 heteroatoms. The summed E-state index contributed by atoms with van der Waals surface area (Å²) in [6.07, 6.45) is 9.36. The van der Waals surface area contributed by atoms with Crippen LogP contribution in [0.1, 0.15) is 64.7 Å². The highest BCUT2D eigenvalue weighted by Crippen LogP contribution is 2.33. The molecule has 2 aliphatic rings. The van der Waals surface area contributed by atoms with Crippen LogP contribution >= 0.6 is 0 Å². The first kappa shape index (κ1) is 15.1. The smallest absolute Gasteiger partial charge is 0.315 e. The van der Waals surface area contributed by atoms with Gasteiger partial charge in [-0.3, -0.25) is 5.41 Å². The van der Waals surface area contributed by atoms with Gasteiger partial charge >= 0.3 is 6.03 Å². The zero-order chi connectivity index (χ0) is 14.6. The van der Waals surface area contributed by atoms with E-state index in [1.165, 1.54) is 19.3 Å². The number of carbonyl (C=O) groups excluding carboxylic acids is 1. The molecule has 2 saturated carbocycles. The molecule has 5 nitrogen and oxygen atoms in total. The molecule has 0 radical (unpaired) electrons. The van der Waals surface area contributed by atoms with Crippen LogP contribution in [0.4, 0.5) is 4.79 Å². The molecular formula is C15H28N4O. The Balaban J connectivity index is 1.91. The monoisotopic (exact) mass is 280 g/mol. The molecule has 0 spiro atoms. The fourth-order valence-electron chi connectivity index (χ4n) is 3.55. The van der Waals surface area contributed by atoms with E-state index in [0.29, 0.717) is 12.0 Å². The Kier molecular flexibility index (Phi) is 4.89. The van der Waals surface area contributed by atoms with Crippen LogP contribution < -0.4 is 16.4 Å². The van der Waals surface area contributed by atoms with Crippen molar-refractivity contribution in [2.24, 2.45) is 11.7 Å². The quantitative estimate of drug-likeness (QED) is 0.470. The Morgan fingerprint density at radius 2 is 1.85 bits per heavy atom. The van der Waals surface area contributed by atoms with Gasteiger partial charge in [-0.25, -0.2) is 4.79 Å². The van der Waals surface area contributed by atoms with Crippen molar-refractivity contribution in [1.82, 2.24) is 10.6 Å². The molecule has 0 aromatic heterocycles. The number of hydrogen-bond donors (Lipinski definition) is 4. The summed E-state index contributed by atoms with van der Waals surface area (Å²) < 4.78 is 0. The Labute approximate surface area is 121 Å². The zero-order valence-electron chi connectivity index (χ0n) is 12.5. The highest BCUT2D eigenvalue weighted by Gasteiger charge is 2.39. The predicted octanol–water partition coefficient (Wildman–Crippen LogP) is 2.50. The number of hydrogen-bond acceptors (Lipinski definition) is 2. The van der Waals surface area contributed by atoms with Crippen LogP contribution in [0.15, 0.2) is 0 Å². The van der Waals surface area contributed by atoms with E-state index in [1.807, 2.05) is 0 Å². The molecule has 114 valence electrons. The maximum absolute atomic E-state index is 12.2. The highest BCUT2D eigenvalue weighted by atomic mass is 16.2. The van der Waals surface area contributed by atoms with Crippen molar-refractivity contribution in [1.29, 1.82) is 5.41 Å². The molecule has 5 N–H and O–H groups in total. The van der Waals surface area contributed by atoms with E-state index in [4.69, 9.17) is 11.1 Å². The van der Waals surface area contributed by atoms with E-state index < -0.39 is 5.54 Å². The lowest BCUT2D eigenvalue weighted by Gasteiger charge is -2.40. The van der Waals surface area contributed by atoms with Crippen LogP contribution in [0.2, 0.25) is 0 Å². The van der Waals surface area contributed by atoms with E-state index >= 15 is 0 Å². The summed E-state index contributed by atoms with van der Waals surface area (Å²) in [5.41, 5.74) is 5.17. The van der Waals surface area contributed by atoms with Crippen molar-refractivity contribution in [2.75, 3.05) is 0 Å². The molecule has 2 aliphatic carbocycles. The molecule has 0 unspecified atom stereocenters. The summed E-state index contributed by atoms with van der Waals surface area (Å²) in [5.74, 6) is 0.816. The second-order valence-corrected chi connectivity index (χ2v) is 6.43. The molecule has 0 atom stereocenters. The summed E-state index contributed by atoms with van der Waals surface area (Å²) in [5, 5.41) is 13.9. The second-order valence-electron chi connectivity index (χ2n) is 6.43. The van der Waals surface area contributed by atoms with Gasteiger partial charge in [0.05, 0.1) is 5.54 Å². The molecular weight excluding hydrogens is 252 g/mol. The maximum Gasteiger partial charge on any atom is 0.315 e. The fraction of sp³-hybridized carbons (Fsp3) is 0.867. The first-order valence-electron chi connectivity index (χ1n) is 7.99. The minimum Gasteiger partial charge on any atom is -0.386 e. The van der Waals surface area contributed by atoms with Gasteiger partial charge in [-0.15, -0.1) is 0 Å². The molecule has 2 amide bonds. The first-order chi connectivity index (χ1) is 9.55. The Morgan fingerprint density at radius 1 is 1.25 bits per heavy atom. The number of amides is 2. The predicted molar refractivity (Wildman–Crippen MR) is 80.8 cm³/mol. The molecule has 0 aromatic rings. The molecule has 2 rings (SSSR count). The minimum absolute atomic E-state index is 0.105. The lowest BCUT2D eigenvalue weighted by Crippen LogP contribution is -2.61. The van der Waals surface area contributed by atoms with Crippen molar-refractivity contribution in [2.45, 2.75) is 76.3 Å². The normalized spacial score (nSPS) is 30.9. The summed E-state index contributed by atoms with van der Waals surface area (Å²) in [6.45, 7) is 2.20. The number of urea groups is 1. The van der Waals surface area contributed by atoms with E-state index in [1.54, 1.807) is 0 Å². The van der Waals surface area contributed by atoms with Gasteiger partial charge in [0, 0.05) is 6.04 Å². The fourth-order valence-corrected chi connectivity index (χ4v) is 3.55. The average molecular weight is 280 g/mol. The van der Waals surface area contributed by atoms with Gasteiger partial charge in [-0.2, -0.15) is 0 Å². The van der Waals surface area contributed by atoms with E-state index in [0.717, 1.165) is 38.5 Å². The van der Waals surface area contributed by atoms with Crippen molar-refractivity contribution >= 4 is 11.9 Å². The van der Waals surface area contributed by atoms with Crippen molar-refractivity contribution in [3.8, 4) is 0 Å². The third-order valence-corrected chi connectivity index (χ3v) is 5.09. The molecule has 20 heavy (non-hydrogen) atoms. The molecule has 0 aromatic carbocycles. The third-order valence-electron chi connectivity index (χ3n) is 5.09. The van der Waals surface area contributed by atoms with E-state index in [9.17, 15) is 4.79 Å². The molecule has 0 saturated heterocycles. The second kappa shape index (κ2) is 6.46. The summed E-state index contributed by atoms with van der Waals surface area (Å²) in [6, 6.07) is 0.146. The minimum atomic E-state index is -0.617. The number of rotatable bonds is 4. The van der Waals surface area contributed by atoms with Crippen LogP contribution in [-0.4, -0.2) is 23.4 Å². The van der Waals surface area contributed by atoms with Crippen molar-refractivity contribution in [3.63, 3.8) is 0 Å². The summed E-state index contributed by atoms with van der Waals surface area (Å²) >= 11 is 0. The number of amidine groups is 1. The van der Waals surface area contributed by atoms with Gasteiger partial charge in [0.25, 0.3) is 0 Å². The van der Waals surface area contributed by atoms with Crippen LogP contribution in [0, 0.1) is 11.3 Å². The van der Waals surface area contributed by atoms with Gasteiger partial charge in [-0.1, -0.05) is 26.2 Å². The van der Waals surface area contributed by atoms with Crippen molar-refractivity contribution < 1.29 is 4.79 Å².